The molecule has 0 saturated carbocycles. The molecule has 200 valence electrons. The fourth-order valence-corrected chi connectivity index (χ4v) is 6.96. The van der Waals surface area contributed by atoms with Crippen LogP contribution in [-0.2, 0) is 42.2 Å². The van der Waals surface area contributed by atoms with Crippen LogP contribution >= 0.6 is 8.25 Å². The SMILES string of the molecule is CCC(CC)(O[P+](=O)OC(CC)(CC)OS(=O)(=O)c1ccc(C)cc1)OS(=O)(=O)c1ccc(C)cc1. The van der Waals surface area contributed by atoms with Crippen molar-refractivity contribution in [3.05, 3.63) is 59.7 Å². The fraction of sp³-hybridized carbons (Fsp3) is 0.500. The van der Waals surface area contributed by atoms with Crippen molar-refractivity contribution in [1.82, 2.24) is 0 Å². The fourth-order valence-electron chi connectivity index (χ4n) is 3.22. The molecule has 0 saturated heterocycles. The van der Waals surface area contributed by atoms with Crippen LogP contribution < -0.4 is 0 Å². The Morgan fingerprint density at radius 1 is 0.611 bits per heavy atom. The van der Waals surface area contributed by atoms with E-state index in [1.54, 1.807) is 52.0 Å². The maximum absolute atomic E-state index is 13.0. The maximum atomic E-state index is 13.0. The lowest BCUT2D eigenvalue weighted by Gasteiger charge is -2.27. The Hall–Kier alpha value is -1.72. The zero-order valence-corrected chi connectivity index (χ0v) is 23.9. The first-order chi connectivity index (χ1) is 16.8. The van der Waals surface area contributed by atoms with Gasteiger partial charge in [-0.25, -0.2) is 8.37 Å². The Bertz CT molecular complexity index is 1130. The summed E-state index contributed by atoms with van der Waals surface area (Å²) in [5.41, 5.74) is 1.74. The van der Waals surface area contributed by atoms with Crippen molar-refractivity contribution in [3.8, 4) is 0 Å². The molecule has 0 heterocycles. The second kappa shape index (κ2) is 12.2. The third kappa shape index (κ3) is 7.64. The molecule has 0 aliphatic carbocycles. The molecule has 2 aromatic rings. The molecule has 9 nitrogen and oxygen atoms in total. The number of benzene rings is 2. The van der Waals surface area contributed by atoms with Crippen molar-refractivity contribution < 1.29 is 38.8 Å². The molecule has 12 heteroatoms. The Morgan fingerprint density at radius 3 is 1.14 bits per heavy atom. The van der Waals surface area contributed by atoms with Gasteiger partial charge in [0.1, 0.15) is 0 Å². The third-order valence-corrected chi connectivity index (χ3v) is 9.49. The van der Waals surface area contributed by atoms with E-state index in [2.05, 4.69) is 0 Å². The van der Waals surface area contributed by atoms with Gasteiger partial charge in [-0.2, -0.15) is 16.8 Å². The Balaban J connectivity index is 2.27. The summed E-state index contributed by atoms with van der Waals surface area (Å²) in [5, 5.41) is 0. The Labute approximate surface area is 215 Å². The summed E-state index contributed by atoms with van der Waals surface area (Å²) in [5.74, 6) is -3.61. The monoisotopic (exact) mass is 561 g/mol. The summed E-state index contributed by atoms with van der Waals surface area (Å²) in [6.07, 6.45) is 0.0825. The van der Waals surface area contributed by atoms with E-state index in [0.717, 1.165) is 11.1 Å². The molecule has 0 N–H and O–H groups in total. The van der Waals surface area contributed by atoms with E-state index < -0.39 is 40.1 Å². The highest BCUT2D eigenvalue weighted by Crippen LogP contribution is 2.44. The first-order valence-corrected chi connectivity index (χ1v) is 15.6. The first-order valence-electron chi connectivity index (χ1n) is 11.7. The second-order valence-corrected chi connectivity index (χ2v) is 12.2. The summed E-state index contributed by atoms with van der Waals surface area (Å²) in [4.78, 5) is -0.161. The normalized spacial score (nSPS) is 13.1. The van der Waals surface area contributed by atoms with Gasteiger partial charge in [0, 0.05) is 30.2 Å². The maximum Gasteiger partial charge on any atom is 0.703 e. The average Bonchev–Trinajstić information content (AvgIpc) is 2.83. The van der Waals surface area contributed by atoms with Crippen LogP contribution in [0.3, 0.4) is 0 Å². The molecular weight excluding hydrogens is 527 g/mol. The van der Waals surface area contributed by atoms with Crippen LogP contribution in [0.15, 0.2) is 58.3 Å². The summed E-state index contributed by atoms with van der Waals surface area (Å²) < 4.78 is 86.4. The van der Waals surface area contributed by atoms with Gasteiger partial charge in [0.2, 0.25) is 11.6 Å². The van der Waals surface area contributed by atoms with Gasteiger partial charge in [-0.1, -0.05) is 72.1 Å². The minimum Gasteiger partial charge on any atom is -0.226 e. The van der Waals surface area contributed by atoms with Gasteiger partial charge in [0.15, 0.2) is 0 Å². The predicted molar refractivity (Wildman–Crippen MR) is 135 cm³/mol. The molecule has 2 rings (SSSR count). The average molecular weight is 562 g/mol. The van der Waals surface area contributed by atoms with E-state index in [1.165, 1.54) is 24.3 Å². The van der Waals surface area contributed by atoms with E-state index in [1.807, 2.05) is 13.8 Å². The lowest BCUT2D eigenvalue weighted by atomic mass is 10.2. The Morgan fingerprint density at radius 2 is 0.889 bits per heavy atom. The van der Waals surface area contributed by atoms with Crippen LogP contribution in [0.4, 0.5) is 0 Å². The molecule has 0 bridgehead atoms. The second-order valence-electron chi connectivity index (χ2n) is 8.34. The summed E-state index contributed by atoms with van der Waals surface area (Å²) >= 11 is 0. The highest BCUT2D eigenvalue weighted by molar-refractivity contribution is 7.87. The topological polar surface area (TPSA) is 122 Å². The zero-order valence-electron chi connectivity index (χ0n) is 21.4. The molecule has 0 aromatic heterocycles. The Kier molecular flexibility index (Phi) is 10.4. The van der Waals surface area contributed by atoms with Crippen LogP contribution in [0.25, 0.3) is 0 Å². The van der Waals surface area contributed by atoms with Crippen LogP contribution in [0, 0.1) is 13.8 Å². The van der Waals surface area contributed by atoms with Crippen LogP contribution in [0.5, 0.6) is 0 Å². The van der Waals surface area contributed by atoms with E-state index in [-0.39, 0.29) is 35.5 Å². The summed E-state index contributed by atoms with van der Waals surface area (Å²) in [6, 6.07) is 12.1. The molecule has 0 amide bonds. The summed E-state index contributed by atoms with van der Waals surface area (Å²) in [6.45, 7) is 10.1. The number of aryl methyl sites for hydroxylation is 2. The minimum atomic E-state index is -4.26. The van der Waals surface area contributed by atoms with Crippen molar-refractivity contribution >= 4 is 28.5 Å². The number of hydrogen-bond donors (Lipinski definition) is 0. The van der Waals surface area contributed by atoms with Crippen molar-refractivity contribution in [2.75, 3.05) is 0 Å². The van der Waals surface area contributed by atoms with E-state index in [9.17, 15) is 21.4 Å². The molecule has 0 aliphatic heterocycles. The zero-order chi connectivity index (χ0) is 27.2. The molecular formula is C24H34O9PS2+. The molecule has 0 radical (unpaired) electrons. The smallest absolute Gasteiger partial charge is 0.226 e. The number of rotatable bonds is 14. The minimum absolute atomic E-state index is 0.0206. The van der Waals surface area contributed by atoms with Gasteiger partial charge in [-0.05, 0) is 38.1 Å². The molecule has 0 spiro atoms. The molecule has 0 fully saturated rings. The van der Waals surface area contributed by atoms with Crippen molar-refractivity contribution in [2.45, 2.75) is 88.6 Å². The molecule has 36 heavy (non-hydrogen) atoms. The molecule has 0 unspecified atom stereocenters. The lowest BCUT2D eigenvalue weighted by molar-refractivity contribution is -0.151. The van der Waals surface area contributed by atoms with E-state index >= 15 is 0 Å². The van der Waals surface area contributed by atoms with Crippen molar-refractivity contribution in [1.29, 1.82) is 0 Å². The lowest BCUT2D eigenvalue weighted by Crippen LogP contribution is -2.38. The van der Waals surface area contributed by atoms with Gasteiger partial charge in [0.25, 0.3) is 20.2 Å². The first kappa shape index (κ1) is 30.5. The predicted octanol–water partition coefficient (Wildman–Crippen LogP) is 6.14. The van der Waals surface area contributed by atoms with E-state index in [4.69, 9.17) is 17.4 Å². The van der Waals surface area contributed by atoms with Gasteiger partial charge < -0.3 is 0 Å². The van der Waals surface area contributed by atoms with Crippen LogP contribution in [0.1, 0.15) is 64.5 Å². The standard InChI is InChI=1S/C24H34O9PS2/c1-7-23(8-2,32-35(26,27)21-15-11-19(5)12-16-21)30-34(25)31-24(9-3,10-4)33-36(28,29)22-17-13-20(6)14-18-22/h11-18H,7-10H2,1-6H3/q+1. The number of hydrogen-bond acceptors (Lipinski definition) is 9. The summed E-state index contributed by atoms with van der Waals surface area (Å²) in [7, 11) is -11.6. The highest BCUT2D eigenvalue weighted by Gasteiger charge is 2.50. The molecule has 0 aliphatic rings. The highest BCUT2D eigenvalue weighted by atomic mass is 32.2. The van der Waals surface area contributed by atoms with Gasteiger partial charge >= 0.3 is 8.25 Å². The van der Waals surface area contributed by atoms with Crippen LogP contribution in [0.2, 0.25) is 0 Å². The van der Waals surface area contributed by atoms with Crippen LogP contribution in [-0.4, -0.2) is 28.4 Å². The van der Waals surface area contributed by atoms with E-state index in [0.29, 0.717) is 0 Å². The largest absolute Gasteiger partial charge is 0.703 e. The third-order valence-electron chi connectivity index (χ3n) is 5.78. The van der Waals surface area contributed by atoms with Gasteiger partial charge in [-0.15, -0.1) is 0 Å². The van der Waals surface area contributed by atoms with Crippen molar-refractivity contribution in [2.24, 2.45) is 0 Å². The van der Waals surface area contributed by atoms with Gasteiger partial charge in [0.05, 0.1) is 9.79 Å². The molecule has 2 aromatic carbocycles. The molecule has 0 atom stereocenters. The van der Waals surface area contributed by atoms with Crippen molar-refractivity contribution in [3.63, 3.8) is 0 Å². The van der Waals surface area contributed by atoms with Gasteiger partial charge in [-0.3, -0.25) is 0 Å². The quantitative estimate of drug-likeness (QED) is 0.152.